The summed E-state index contributed by atoms with van der Waals surface area (Å²) in [6, 6.07) is 0. The van der Waals surface area contributed by atoms with Crippen molar-refractivity contribution < 1.29 is 13.7 Å². The highest BCUT2D eigenvalue weighted by Gasteiger charge is 2.15. The Morgan fingerprint density at radius 1 is 1.36 bits per heavy atom. The summed E-state index contributed by atoms with van der Waals surface area (Å²) in [4.78, 5) is 0. The first kappa shape index (κ1) is 12.1. The van der Waals surface area contributed by atoms with Crippen LogP contribution in [0.15, 0.2) is 0 Å². The highest BCUT2D eigenvalue weighted by Crippen LogP contribution is 2.09. The summed E-state index contributed by atoms with van der Waals surface area (Å²) in [5, 5.41) is 0. The fourth-order valence-corrected chi connectivity index (χ4v) is 2.75. The van der Waals surface area contributed by atoms with Gasteiger partial charge in [-0.05, 0) is 12.3 Å². The van der Waals surface area contributed by atoms with Gasteiger partial charge in [0, 0.05) is 28.7 Å². The summed E-state index contributed by atoms with van der Waals surface area (Å²) in [5.74, 6) is 1.99. The highest BCUT2D eigenvalue weighted by atomic mass is 32.2. The van der Waals surface area contributed by atoms with Crippen LogP contribution in [0.4, 0.5) is 0 Å². The van der Waals surface area contributed by atoms with Crippen LogP contribution in [0.25, 0.3) is 0 Å². The molecule has 1 aliphatic heterocycles. The first-order valence-corrected chi connectivity index (χ1v) is 6.75. The minimum absolute atomic E-state index is 0.111. The molecule has 1 heterocycles. The van der Waals surface area contributed by atoms with Gasteiger partial charge in [-0.1, -0.05) is 13.8 Å². The van der Waals surface area contributed by atoms with E-state index >= 15 is 0 Å². The molecule has 0 spiro atoms. The van der Waals surface area contributed by atoms with Crippen LogP contribution in [0.3, 0.4) is 0 Å². The molecule has 0 amide bonds. The summed E-state index contributed by atoms with van der Waals surface area (Å²) in [6.45, 7) is 5.74. The Hall–Kier alpha value is 0.0700. The number of hydrogen-bond acceptors (Lipinski definition) is 3. The van der Waals surface area contributed by atoms with Crippen LogP contribution < -0.4 is 0 Å². The Morgan fingerprint density at radius 2 is 2.00 bits per heavy atom. The van der Waals surface area contributed by atoms with Gasteiger partial charge in [0.15, 0.2) is 6.29 Å². The fourth-order valence-electron chi connectivity index (χ4n) is 1.39. The summed E-state index contributed by atoms with van der Waals surface area (Å²) in [6.07, 6.45) is 1.63. The van der Waals surface area contributed by atoms with Crippen molar-refractivity contribution in [2.24, 2.45) is 5.92 Å². The first-order valence-electron chi connectivity index (χ1n) is 5.26. The lowest BCUT2D eigenvalue weighted by atomic mass is 10.3. The van der Waals surface area contributed by atoms with E-state index in [-0.39, 0.29) is 6.29 Å². The summed E-state index contributed by atoms with van der Waals surface area (Å²) in [5.41, 5.74) is 0. The Morgan fingerprint density at radius 3 is 2.57 bits per heavy atom. The van der Waals surface area contributed by atoms with E-state index in [0.717, 1.165) is 31.8 Å². The molecule has 1 aliphatic rings. The van der Waals surface area contributed by atoms with E-state index in [1.165, 1.54) is 0 Å². The number of ether oxygens (including phenoxy) is 2. The van der Waals surface area contributed by atoms with Crippen LogP contribution in [-0.4, -0.2) is 35.2 Å². The predicted octanol–water partition coefficient (Wildman–Crippen LogP) is 1.54. The molecule has 0 aliphatic carbocycles. The average molecular weight is 220 g/mol. The van der Waals surface area contributed by atoms with Crippen LogP contribution in [0.2, 0.25) is 0 Å². The molecule has 1 rings (SSSR count). The van der Waals surface area contributed by atoms with E-state index in [4.69, 9.17) is 9.47 Å². The molecule has 1 fully saturated rings. The molecule has 0 saturated carbocycles. The van der Waals surface area contributed by atoms with E-state index in [1.54, 1.807) is 0 Å². The lowest BCUT2D eigenvalue weighted by molar-refractivity contribution is -0.178. The van der Waals surface area contributed by atoms with Gasteiger partial charge in [-0.15, -0.1) is 0 Å². The third kappa shape index (κ3) is 5.08. The monoisotopic (exact) mass is 220 g/mol. The van der Waals surface area contributed by atoms with Gasteiger partial charge in [0.2, 0.25) is 0 Å². The van der Waals surface area contributed by atoms with Gasteiger partial charge in [0.25, 0.3) is 0 Å². The topological polar surface area (TPSA) is 35.5 Å². The van der Waals surface area contributed by atoms with E-state index in [2.05, 4.69) is 13.8 Å². The van der Waals surface area contributed by atoms with Crippen LogP contribution in [0.1, 0.15) is 26.7 Å². The number of rotatable bonds is 5. The zero-order chi connectivity index (χ0) is 10.4. The molecule has 0 aromatic carbocycles. The summed E-state index contributed by atoms with van der Waals surface area (Å²) >= 11 is 0. The standard InChI is InChI=1S/C10H20O3S/c1-9(2)8-14(11)7-4-10-12-5-3-6-13-10/h9-10H,3-8H2,1-2H3. The van der Waals surface area contributed by atoms with Crippen molar-refractivity contribution in [3.63, 3.8) is 0 Å². The Balaban J connectivity index is 2.09. The summed E-state index contributed by atoms with van der Waals surface area (Å²) < 4.78 is 22.2. The van der Waals surface area contributed by atoms with Crippen LogP contribution in [-0.2, 0) is 20.3 Å². The highest BCUT2D eigenvalue weighted by molar-refractivity contribution is 7.84. The SMILES string of the molecule is CC(C)CS(=O)CCC1OCCCO1. The second kappa shape index (κ2) is 6.53. The van der Waals surface area contributed by atoms with E-state index in [0.29, 0.717) is 11.7 Å². The van der Waals surface area contributed by atoms with Gasteiger partial charge in [0.05, 0.1) is 13.2 Å². The second-order valence-electron chi connectivity index (χ2n) is 4.02. The Kier molecular flexibility index (Phi) is 5.67. The van der Waals surface area contributed by atoms with Gasteiger partial charge in [0.1, 0.15) is 0 Å². The molecule has 0 bridgehead atoms. The second-order valence-corrected chi connectivity index (χ2v) is 5.64. The molecule has 0 N–H and O–H groups in total. The molecule has 1 saturated heterocycles. The third-order valence-corrected chi connectivity index (χ3v) is 3.73. The van der Waals surface area contributed by atoms with E-state index in [9.17, 15) is 4.21 Å². The van der Waals surface area contributed by atoms with E-state index < -0.39 is 10.8 Å². The van der Waals surface area contributed by atoms with Crippen molar-refractivity contribution in [1.29, 1.82) is 0 Å². The minimum Gasteiger partial charge on any atom is -0.353 e. The maximum absolute atomic E-state index is 11.5. The van der Waals surface area contributed by atoms with E-state index in [1.807, 2.05) is 0 Å². The lowest BCUT2D eigenvalue weighted by Crippen LogP contribution is -2.26. The molecule has 84 valence electrons. The zero-order valence-corrected chi connectivity index (χ0v) is 9.85. The Labute approximate surface area is 88.6 Å². The fraction of sp³-hybridized carbons (Fsp3) is 1.00. The molecule has 0 aromatic rings. The summed E-state index contributed by atoms with van der Waals surface area (Å²) in [7, 11) is -0.712. The van der Waals surface area contributed by atoms with Gasteiger partial charge in [-0.2, -0.15) is 0 Å². The molecule has 0 aromatic heterocycles. The molecule has 4 heteroatoms. The van der Waals surface area contributed by atoms with Gasteiger partial charge in [-0.3, -0.25) is 4.21 Å². The molecular formula is C10H20O3S. The third-order valence-electron chi connectivity index (χ3n) is 2.00. The van der Waals surface area contributed by atoms with Crippen molar-refractivity contribution in [2.75, 3.05) is 24.7 Å². The predicted molar refractivity (Wildman–Crippen MR) is 57.6 cm³/mol. The molecule has 14 heavy (non-hydrogen) atoms. The largest absolute Gasteiger partial charge is 0.353 e. The minimum atomic E-state index is -0.712. The quantitative estimate of drug-likeness (QED) is 0.705. The Bertz CT molecular complexity index is 176. The lowest BCUT2D eigenvalue weighted by Gasteiger charge is -2.22. The molecule has 1 unspecified atom stereocenters. The smallest absolute Gasteiger partial charge is 0.158 e. The first-order chi connectivity index (χ1) is 6.68. The molecular weight excluding hydrogens is 200 g/mol. The van der Waals surface area contributed by atoms with Gasteiger partial charge < -0.3 is 9.47 Å². The molecule has 0 radical (unpaired) electrons. The van der Waals surface area contributed by atoms with Crippen LogP contribution in [0.5, 0.6) is 0 Å². The van der Waals surface area contributed by atoms with Crippen molar-refractivity contribution in [3.05, 3.63) is 0 Å². The van der Waals surface area contributed by atoms with Gasteiger partial charge >= 0.3 is 0 Å². The maximum Gasteiger partial charge on any atom is 0.158 e. The molecule has 3 nitrogen and oxygen atoms in total. The zero-order valence-electron chi connectivity index (χ0n) is 9.03. The average Bonchev–Trinajstić information content (AvgIpc) is 2.15. The van der Waals surface area contributed by atoms with Crippen molar-refractivity contribution >= 4 is 10.8 Å². The van der Waals surface area contributed by atoms with Gasteiger partial charge in [-0.25, -0.2) is 0 Å². The maximum atomic E-state index is 11.5. The van der Waals surface area contributed by atoms with Crippen LogP contribution in [0, 0.1) is 5.92 Å². The normalized spacial score (nSPS) is 21.4. The van der Waals surface area contributed by atoms with Crippen LogP contribution >= 0.6 is 0 Å². The van der Waals surface area contributed by atoms with Crippen molar-refractivity contribution in [3.8, 4) is 0 Å². The molecule has 1 atom stereocenters. The number of hydrogen-bond donors (Lipinski definition) is 0. The van der Waals surface area contributed by atoms with Crippen molar-refractivity contribution in [1.82, 2.24) is 0 Å². The van der Waals surface area contributed by atoms with Crippen molar-refractivity contribution in [2.45, 2.75) is 33.0 Å².